The van der Waals surface area contributed by atoms with Crippen LogP contribution in [0.4, 0.5) is 5.69 Å². The number of fused-ring (bicyclic) bond motifs is 1. The van der Waals surface area contributed by atoms with Gasteiger partial charge in [0.2, 0.25) is 0 Å². The van der Waals surface area contributed by atoms with Gasteiger partial charge in [-0.05, 0) is 49.6 Å². The maximum atomic E-state index is 12.8. The molecule has 1 aliphatic rings. The third kappa shape index (κ3) is 3.73. The standard InChI is InChI=1S/C21H21ClN4O2/c1-14-4-7-19-24-16(11-20(27)26(19)13-14)12-23-18-10-15(22)5-6-17(18)21(28)25-8-2-3-9-25/h4-7,10-11,13,23H,2-3,8-9,12H2,1H3. The first-order valence-electron chi connectivity index (χ1n) is 9.33. The summed E-state index contributed by atoms with van der Waals surface area (Å²) in [7, 11) is 0. The van der Waals surface area contributed by atoms with Gasteiger partial charge in [-0.3, -0.25) is 14.0 Å². The molecule has 144 valence electrons. The number of nitrogens with one attached hydrogen (secondary N) is 1. The fourth-order valence-electron chi connectivity index (χ4n) is 3.47. The third-order valence-electron chi connectivity index (χ3n) is 4.93. The van der Waals surface area contributed by atoms with Crippen LogP contribution in [0.3, 0.4) is 0 Å². The molecule has 7 heteroatoms. The predicted molar refractivity (Wildman–Crippen MR) is 110 cm³/mol. The van der Waals surface area contributed by atoms with E-state index in [1.807, 2.05) is 24.0 Å². The fourth-order valence-corrected chi connectivity index (χ4v) is 3.65. The molecule has 0 saturated carbocycles. The lowest BCUT2D eigenvalue weighted by atomic mass is 10.1. The first kappa shape index (κ1) is 18.5. The Bertz CT molecular complexity index is 1100. The number of aryl methyl sites for hydroxylation is 1. The summed E-state index contributed by atoms with van der Waals surface area (Å²) >= 11 is 6.15. The van der Waals surface area contributed by atoms with Crippen LogP contribution in [-0.2, 0) is 6.54 Å². The first-order chi connectivity index (χ1) is 13.5. The van der Waals surface area contributed by atoms with Gasteiger partial charge in [0, 0.05) is 36.1 Å². The minimum absolute atomic E-state index is 0.00122. The van der Waals surface area contributed by atoms with E-state index in [9.17, 15) is 9.59 Å². The number of likely N-dealkylation sites (tertiary alicyclic amines) is 1. The van der Waals surface area contributed by atoms with E-state index in [0.717, 1.165) is 31.5 Å². The largest absolute Gasteiger partial charge is 0.379 e. The van der Waals surface area contributed by atoms with Crippen molar-refractivity contribution in [2.45, 2.75) is 26.3 Å². The van der Waals surface area contributed by atoms with Crippen molar-refractivity contribution in [2.24, 2.45) is 0 Å². The van der Waals surface area contributed by atoms with Crippen molar-refractivity contribution in [3.63, 3.8) is 0 Å². The number of anilines is 1. The molecule has 0 unspecified atom stereocenters. The molecule has 28 heavy (non-hydrogen) atoms. The van der Waals surface area contributed by atoms with E-state index in [4.69, 9.17) is 11.6 Å². The number of amides is 1. The number of rotatable bonds is 4. The quantitative estimate of drug-likeness (QED) is 0.732. The summed E-state index contributed by atoms with van der Waals surface area (Å²) in [5.74, 6) is -0.00122. The first-order valence-corrected chi connectivity index (χ1v) is 9.71. The van der Waals surface area contributed by atoms with E-state index in [2.05, 4.69) is 10.3 Å². The van der Waals surface area contributed by atoms with E-state index in [0.29, 0.717) is 34.2 Å². The van der Waals surface area contributed by atoms with E-state index in [1.165, 1.54) is 10.5 Å². The van der Waals surface area contributed by atoms with Gasteiger partial charge in [-0.25, -0.2) is 4.98 Å². The molecule has 0 radical (unpaired) electrons. The highest BCUT2D eigenvalue weighted by molar-refractivity contribution is 6.31. The van der Waals surface area contributed by atoms with E-state index in [-0.39, 0.29) is 11.5 Å². The highest BCUT2D eigenvalue weighted by Crippen LogP contribution is 2.24. The molecule has 2 aromatic heterocycles. The number of aromatic nitrogens is 2. The summed E-state index contributed by atoms with van der Waals surface area (Å²) in [6, 6.07) is 10.5. The molecule has 0 bridgehead atoms. The molecule has 1 fully saturated rings. The van der Waals surface area contributed by atoms with Crippen molar-refractivity contribution in [2.75, 3.05) is 18.4 Å². The number of carbonyl (C=O) groups is 1. The van der Waals surface area contributed by atoms with Crippen LogP contribution in [0.5, 0.6) is 0 Å². The molecule has 3 heterocycles. The Morgan fingerprint density at radius 1 is 1.18 bits per heavy atom. The number of carbonyl (C=O) groups excluding carboxylic acids is 1. The third-order valence-corrected chi connectivity index (χ3v) is 5.16. The van der Waals surface area contributed by atoms with Crippen LogP contribution in [0.25, 0.3) is 5.65 Å². The van der Waals surface area contributed by atoms with Crippen molar-refractivity contribution in [1.29, 1.82) is 0 Å². The Hall–Kier alpha value is -2.86. The van der Waals surface area contributed by atoms with Gasteiger partial charge in [0.15, 0.2) is 0 Å². The molecule has 1 aliphatic heterocycles. The van der Waals surface area contributed by atoms with Gasteiger partial charge in [-0.1, -0.05) is 17.7 Å². The van der Waals surface area contributed by atoms with Gasteiger partial charge in [0.05, 0.1) is 17.8 Å². The molecular formula is C21H21ClN4O2. The zero-order chi connectivity index (χ0) is 19.7. The molecule has 1 amide bonds. The highest BCUT2D eigenvalue weighted by atomic mass is 35.5. The Kier molecular flexibility index (Phi) is 5.05. The van der Waals surface area contributed by atoms with Crippen molar-refractivity contribution >= 4 is 28.8 Å². The van der Waals surface area contributed by atoms with Gasteiger partial charge < -0.3 is 10.2 Å². The number of hydrogen-bond acceptors (Lipinski definition) is 4. The molecule has 6 nitrogen and oxygen atoms in total. The van der Waals surface area contributed by atoms with Crippen LogP contribution in [-0.4, -0.2) is 33.3 Å². The summed E-state index contributed by atoms with van der Waals surface area (Å²) in [6.07, 6.45) is 3.84. The molecule has 4 rings (SSSR count). The van der Waals surface area contributed by atoms with Crippen molar-refractivity contribution < 1.29 is 4.79 Å². The Labute approximate surface area is 167 Å². The van der Waals surface area contributed by atoms with Gasteiger partial charge in [-0.2, -0.15) is 0 Å². The predicted octanol–water partition coefficient (Wildman–Crippen LogP) is 3.50. The minimum atomic E-state index is -0.134. The number of nitrogens with zero attached hydrogens (tertiary/aromatic N) is 3. The van der Waals surface area contributed by atoms with Gasteiger partial charge in [0.1, 0.15) is 5.65 Å². The Morgan fingerprint density at radius 2 is 1.96 bits per heavy atom. The monoisotopic (exact) mass is 396 g/mol. The molecular weight excluding hydrogens is 376 g/mol. The molecule has 1 saturated heterocycles. The molecule has 0 aliphatic carbocycles. The van der Waals surface area contributed by atoms with Crippen molar-refractivity contribution in [3.8, 4) is 0 Å². The van der Waals surface area contributed by atoms with Crippen LogP contribution in [0.15, 0.2) is 47.4 Å². The lowest BCUT2D eigenvalue weighted by Gasteiger charge is -2.18. The summed E-state index contributed by atoms with van der Waals surface area (Å²) in [5.41, 5.74) is 3.29. The zero-order valence-electron chi connectivity index (χ0n) is 15.6. The van der Waals surface area contributed by atoms with Crippen LogP contribution in [0.2, 0.25) is 5.02 Å². The van der Waals surface area contributed by atoms with Crippen molar-refractivity contribution in [3.05, 3.63) is 74.8 Å². The average Bonchev–Trinajstić information content (AvgIpc) is 3.21. The highest BCUT2D eigenvalue weighted by Gasteiger charge is 2.22. The van der Waals surface area contributed by atoms with Crippen molar-refractivity contribution in [1.82, 2.24) is 14.3 Å². The minimum Gasteiger partial charge on any atom is -0.379 e. The van der Waals surface area contributed by atoms with E-state index in [1.54, 1.807) is 24.4 Å². The second kappa shape index (κ2) is 7.64. The number of pyridine rings is 1. The summed E-state index contributed by atoms with van der Waals surface area (Å²) in [6.45, 7) is 3.81. The molecule has 1 aromatic carbocycles. The van der Waals surface area contributed by atoms with Crippen LogP contribution in [0, 0.1) is 6.92 Å². The normalized spacial score (nSPS) is 13.9. The molecule has 0 atom stereocenters. The SMILES string of the molecule is Cc1ccc2nc(CNc3cc(Cl)ccc3C(=O)N3CCCC3)cc(=O)n2c1. The van der Waals surface area contributed by atoms with Gasteiger partial charge in [0.25, 0.3) is 11.5 Å². The van der Waals surface area contributed by atoms with Crippen LogP contribution in [0.1, 0.15) is 34.5 Å². The second-order valence-electron chi connectivity index (χ2n) is 7.06. The molecule has 3 aromatic rings. The zero-order valence-corrected chi connectivity index (χ0v) is 16.4. The summed E-state index contributed by atoms with van der Waals surface area (Å²) in [5, 5.41) is 3.78. The summed E-state index contributed by atoms with van der Waals surface area (Å²) < 4.78 is 1.53. The number of hydrogen-bond donors (Lipinski definition) is 1. The Morgan fingerprint density at radius 3 is 2.75 bits per heavy atom. The lowest BCUT2D eigenvalue weighted by molar-refractivity contribution is 0.0793. The number of halogens is 1. The topological polar surface area (TPSA) is 66.7 Å². The maximum Gasteiger partial charge on any atom is 0.258 e. The van der Waals surface area contributed by atoms with Gasteiger partial charge in [-0.15, -0.1) is 0 Å². The molecule has 0 spiro atoms. The van der Waals surface area contributed by atoms with E-state index >= 15 is 0 Å². The van der Waals surface area contributed by atoms with Gasteiger partial charge >= 0.3 is 0 Å². The smallest absolute Gasteiger partial charge is 0.258 e. The summed E-state index contributed by atoms with van der Waals surface area (Å²) in [4.78, 5) is 31.6. The number of benzene rings is 1. The molecule has 1 N–H and O–H groups in total. The fraction of sp³-hybridized carbons (Fsp3) is 0.286. The van der Waals surface area contributed by atoms with Crippen LogP contribution < -0.4 is 10.9 Å². The maximum absolute atomic E-state index is 12.8. The van der Waals surface area contributed by atoms with Crippen LogP contribution >= 0.6 is 11.6 Å². The second-order valence-corrected chi connectivity index (χ2v) is 7.50. The lowest BCUT2D eigenvalue weighted by Crippen LogP contribution is -2.28. The van der Waals surface area contributed by atoms with E-state index < -0.39 is 0 Å². The Balaban J connectivity index is 1.60. The average molecular weight is 397 g/mol.